The molecule has 0 aliphatic heterocycles. The largest absolute Gasteiger partial charge is 0.351 e. The molecular weight excluding hydrogens is 840 g/mol. The summed E-state index contributed by atoms with van der Waals surface area (Å²) in [7, 11) is 0. The maximum atomic E-state index is 14.8. The first-order valence-corrected chi connectivity index (χ1v) is 21.4. The van der Waals surface area contributed by atoms with Gasteiger partial charge in [0.2, 0.25) is 0 Å². The summed E-state index contributed by atoms with van der Waals surface area (Å²) in [6.07, 6.45) is 11.5. The van der Waals surface area contributed by atoms with Gasteiger partial charge in [-0.2, -0.15) is 0 Å². The molecule has 0 bridgehead atoms. The van der Waals surface area contributed by atoms with Gasteiger partial charge in [0.05, 0.1) is 49.0 Å². The van der Waals surface area contributed by atoms with Gasteiger partial charge in [0.1, 0.15) is 0 Å². The van der Waals surface area contributed by atoms with Crippen LogP contribution in [0, 0.1) is 0 Å². The van der Waals surface area contributed by atoms with E-state index >= 15 is 0 Å². The fraction of sp³-hybridized carbons (Fsp3) is 0.364. The quantitative estimate of drug-likeness (QED) is 0.0633. The summed E-state index contributed by atoms with van der Waals surface area (Å²) in [5.74, 6) is 0. The second kappa shape index (κ2) is 15.3. The van der Waals surface area contributed by atoms with Crippen molar-refractivity contribution >= 4 is 108 Å². The second-order valence-electron chi connectivity index (χ2n) is 15.1. The molecule has 0 aliphatic rings. The second-order valence-corrected chi connectivity index (χ2v) is 16.6. The standard InChI is InChI=1S/C44H42Br2N4O6/c1-3-5-7-9-11-15-21-49-41(53)30-28-29-31(35(46)34(30)45)42(54)50(22-16-12-10-8-6-4-2)44(56)33(29)38-37(32(28)43(49)55)47-26-20-19-25-27(36(26)48-38)40(52)24-18-14-13-17-23(24)39(25)51/h13-14,17-20,47-48H,3-12,15-16,21-22H2,1-2H3. The van der Waals surface area contributed by atoms with Gasteiger partial charge in [-0.3, -0.25) is 37.9 Å². The van der Waals surface area contributed by atoms with E-state index in [0.29, 0.717) is 38.2 Å². The van der Waals surface area contributed by atoms with E-state index in [0.717, 1.165) is 64.2 Å². The zero-order valence-corrected chi connectivity index (χ0v) is 34.6. The molecule has 0 fully saturated rings. The number of nitrogens with one attached hydrogen (secondary N) is 2. The maximum absolute atomic E-state index is 14.8. The van der Waals surface area contributed by atoms with E-state index < -0.39 is 22.2 Å². The number of H-pyrrole nitrogens is 2. The summed E-state index contributed by atoms with van der Waals surface area (Å²) >= 11 is 7.28. The fourth-order valence-corrected chi connectivity index (χ4v) is 9.81. The normalized spacial score (nSPS) is 12.3. The summed E-state index contributed by atoms with van der Waals surface area (Å²) in [5, 5.41) is 2.02. The SMILES string of the molecule is CCCCCCCCn1c(=O)c2c(Br)c(Br)c3c(=O)n(CCCCCCCC)c(=O)c4c5[nH]c6c(ccc7c(=O)c8ccccc8c(=O)c76)[nH]c5c(c1=O)c2c34. The molecule has 56 heavy (non-hydrogen) atoms. The minimum absolute atomic E-state index is 0.115. The summed E-state index contributed by atoms with van der Waals surface area (Å²) < 4.78 is 3.16. The number of benzene rings is 5. The Morgan fingerprint density at radius 3 is 1.41 bits per heavy atom. The highest BCUT2D eigenvalue weighted by Crippen LogP contribution is 2.43. The molecule has 0 radical (unpaired) electrons. The average Bonchev–Trinajstić information content (AvgIpc) is 3.19. The average molecular weight is 883 g/mol. The van der Waals surface area contributed by atoms with Crippen LogP contribution in [0.2, 0.25) is 0 Å². The molecule has 0 atom stereocenters. The van der Waals surface area contributed by atoms with E-state index in [-0.39, 0.29) is 83.5 Å². The number of hydrogen-bond acceptors (Lipinski definition) is 6. The van der Waals surface area contributed by atoms with Crippen molar-refractivity contribution in [2.75, 3.05) is 0 Å². The highest BCUT2D eigenvalue weighted by Gasteiger charge is 2.29. The lowest BCUT2D eigenvalue weighted by molar-refractivity contribution is 0.545. The van der Waals surface area contributed by atoms with Crippen LogP contribution in [0.15, 0.2) is 74.1 Å². The van der Waals surface area contributed by atoms with Crippen LogP contribution in [0.4, 0.5) is 0 Å². The van der Waals surface area contributed by atoms with E-state index in [1.807, 2.05) is 0 Å². The van der Waals surface area contributed by atoms with E-state index in [1.165, 1.54) is 9.13 Å². The number of hydrogen-bond donors (Lipinski definition) is 2. The maximum Gasteiger partial charge on any atom is 0.263 e. The number of aromatic nitrogens is 4. The summed E-state index contributed by atoms with van der Waals surface area (Å²) in [4.78, 5) is 93.2. The number of unbranched alkanes of at least 4 members (excludes halogenated alkanes) is 10. The number of aromatic amines is 2. The van der Waals surface area contributed by atoms with Crippen LogP contribution in [0.3, 0.4) is 0 Å². The molecule has 2 N–H and O–H groups in total. The van der Waals surface area contributed by atoms with Crippen molar-refractivity contribution in [2.24, 2.45) is 0 Å². The van der Waals surface area contributed by atoms with Crippen LogP contribution in [0.5, 0.6) is 0 Å². The Hall–Kier alpha value is -4.68. The molecule has 0 spiro atoms. The van der Waals surface area contributed by atoms with Gasteiger partial charge in [-0.1, -0.05) is 102 Å². The molecule has 0 aliphatic carbocycles. The summed E-state index contributed by atoms with van der Waals surface area (Å²) in [6.45, 7) is 4.68. The van der Waals surface area contributed by atoms with Crippen LogP contribution >= 0.6 is 31.9 Å². The van der Waals surface area contributed by atoms with Gasteiger partial charge in [0, 0.05) is 49.0 Å². The first-order chi connectivity index (χ1) is 27.1. The molecule has 0 unspecified atom stereocenters. The zero-order valence-electron chi connectivity index (χ0n) is 31.5. The van der Waals surface area contributed by atoms with Crippen molar-refractivity contribution in [1.82, 2.24) is 19.1 Å². The molecule has 0 saturated carbocycles. The fourth-order valence-electron chi connectivity index (χ4n) is 8.68. The Morgan fingerprint density at radius 2 is 0.893 bits per heavy atom. The van der Waals surface area contributed by atoms with Crippen molar-refractivity contribution < 1.29 is 0 Å². The molecule has 8 aromatic rings. The molecule has 3 heterocycles. The third-order valence-corrected chi connectivity index (χ3v) is 13.7. The molecule has 288 valence electrons. The van der Waals surface area contributed by atoms with Gasteiger partial charge < -0.3 is 9.97 Å². The van der Waals surface area contributed by atoms with Crippen molar-refractivity contribution in [3.05, 3.63) is 107 Å². The van der Waals surface area contributed by atoms with Crippen LogP contribution in [-0.2, 0) is 13.1 Å². The molecule has 12 heteroatoms. The van der Waals surface area contributed by atoms with Crippen molar-refractivity contribution in [1.29, 1.82) is 0 Å². The van der Waals surface area contributed by atoms with Gasteiger partial charge in [-0.25, -0.2) is 0 Å². The summed E-state index contributed by atoms with van der Waals surface area (Å²) in [5.41, 5.74) is -1.59. The molecular formula is C44H42Br2N4O6. The molecule has 8 rings (SSSR count). The Balaban J connectivity index is 1.51. The zero-order chi connectivity index (χ0) is 39.4. The summed E-state index contributed by atoms with van der Waals surface area (Å²) in [6, 6.07) is 9.95. The third kappa shape index (κ3) is 5.93. The molecule has 5 aromatic carbocycles. The van der Waals surface area contributed by atoms with Gasteiger partial charge >= 0.3 is 0 Å². The van der Waals surface area contributed by atoms with Crippen molar-refractivity contribution in [3.63, 3.8) is 0 Å². The monoisotopic (exact) mass is 880 g/mol. The van der Waals surface area contributed by atoms with E-state index in [2.05, 4.69) is 55.7 Å². The molecule has 10 nitrogen and oxygen atoms in total. The first kappa shape index (κ1) is 38.2. The number of nitrogens with zero attached hydrogens (tertiary/aromatic N) is 2. The first-order valence-electron chi connectivity index (χ1n) is 19.8. The van der Waals surface area contributed by atoms with Crippen LogP contribution in [0.1, 0.15) is 90.9 Å². The van der Waals surface area contributed by atoms with Gasteiger partial charge in [0.15, 0.2) is 10.9 Å². The number of fused-ring (bicyclic) bond motifs is 7. The predicted octanol–water partition coefficient (Wildman–Crippen LogP) is 9.30. The number of halogens is 2. The predicted molar refractivity (Wildman–Crippen MR) is 236 cm³/mol. The van der Waals surface area contributed by atoms with Gasteiger partial charge in [-0.15, -0.1) is 0 Å². The molecule has 0 saturated heterocycles. The topological polar surface area (TPSA) is 144 Å². The lowest BCUT2D eigenvalue weighted by Gasteiger charge is -2.19. The Labute approximate surface area is 336 Å². The minimum atomic E-state index is -0.566. The van der Waals surface area contributed by atoms with Crippen LogP contribution in [-0.4, -0.2) is 19.1 Å². The van der Waals surface area contributed by atoms with Crippen molar-refractivity contribution in [2.45, 2.75) is 104 Å². The van der Waals surface area contributed by atoms with Crippen molar-refractivity contribution in [3.8, 4) is 0 Å². The molecule has 3 aromatic heterocycles. The van der Waals surface area contributed by atoms with E-state index in [9.17, 15) is 28.8 Å². The van der Waals surface area contributed by atoms with Crippen LogP contribution < -0.4 is 33.1 Å². The Kier molecular flexibility index (Phi) is 10.5. The molecule has 0 amide bonds. The highest BCUT2D eigenvalue weighted by molar-refractivity contribution is 9.13. The number of rotatable bonds is 14. The lowest BCUT2D eigenvalue weighted by Crippen LogP contribution is -2.36. The lowest BCUT2D eigenvalue weighted by atomic mass is 9.94. The number of pyridine rings is 2. The van der Waals surface area contributed by atoms with E-state index in [4.69, 9.17) is 0 Å². The smallest absolute Gasteiger partial charge is 0.263 e. The minimum Gasteiger partial charge on any atom is -0.351 e. The van der Waals surface area contributed by atoms with Gasteiger partial charge in [0.25, 0.3) is 22.2 Å². The van der Waals surface area contributed by atoms with Crippen LogP contribution in [0.25, 0.3) is 75.9 Å². The Morgan fingerprint density at radius 1 is 0.446 bits per heavy atom. The Bertz CT molecular complexity index is 3240. The third-order valence-electron chi connectivity index (χ3n) is 11.5. The highest BCUT2D eigenvalue weighted by atomic mass is 79.9. The van der Waals surface area contributed by atoms with E-state index in [1.54, 1.807) is 36.4 Å². The van der Waals surface area contributed by atoms with Gasteiger partial charge in [-0.05, 0) is 56.8 Å².